The summed E-state index contributed by atoms with van der Waals surface area (Å²) in [5.74, 6) is -0.0695. The van der Waals surface area contributed by atoms with Crippen LogP contribution in [0.1, 0.15) is 36.8 Å². The van der Waals surface area contributed by atoms with Gasteiger partial charge in [0.25, 0.3) is 0 Å². The van der Waals surface area contributed by atoms with Crippen LogP contribution in [0.25, 0.3) is 0 Å². The van der Waals surface area contributed by atoms with E-state index in [2.05, 4.69) is 6.07 Å². The Morgan fingerprint density at radius 1 is 1.17 bits per heavy atom. The van der Waals surface area contributed by atoms with Crippen molar-refractivity contribution in [2.75, 3.05) is 24.2 Å². The number of fused-ring (bicyclic) bond motifs is 1. The van der Waals surface area contributed by atoms with E-state index in [4.69, 9.17) is 0 Å². The molecule has 2 heterocycles. The Morgan fingerprint density at radius 2 is 1.96 bits per heavy atom. The molecule has 1 aromatic rings. The molecule has 1 amide bonds. The molecule has 6 heteroatoms. The average molecular weight is 336 g/mol. The van der Waals surface area contributed by atoms with E-state index in [0.717, 1.165) is 31.4 Å². The Balaban J connectivity index is 1.91. The van der Waals surface area contributed by atoms with E-state index < -0.39 is 16.1 Å². The summed E-state index contributed by atoms with van der Waals surface area (Å²) >= 11 is 0. The Kier molecular flexibility index (Phi) is 4.47. The van der Waals surface area contributed by atoms with Gasteiger partial charge in [-0.3, -0.25) is 4.79 Å². The monoisotopic (exact) mass is 336 g/mol. The lowest BCUT2D eigenvalue weighted by Crippen LogP contribution is -2.53. The molecule has 0 radical (unpaired) electrons. The number of hydrogen-bond acceptors (Lipinski definition) is 3. The van der Waals surface area contributed by atoms with Gasteiger partial charge in [0.1, 0.15) is 6.04 Å². The molecule has 1 unspecified atom stereocenters. The predicted octanol–water partition coefficient (Wildman–Crippen LogP) is 2.09. The molecule has 126 valence electrons. The minimum Gasteiger partial charge on any atom is -0.311 e. The van der Waals surface area contributed by atoms with E-state index in [-0.39, 0.29) is 5.91 Å². The van der Waals surface area contributed by atoms with Crippen molar-refractivity contribution in [2.45, 2.75) is 45.1 Å². The number of aryl methyl sites for hydroxylation is 2. The SMILES string of the molecule is Cc1ccc2c(c1)CCCN2C(=O)C1CCCCN1S(C)(=O)=O. The van der Waals surface area contributed by atoms with Crippen molar-refractivity contribution in [3.8, 4) is 0 Å². The Labute approximate surface area is 138 Å². The second-order valence-corrected chi connectivity index (χ2v) is 8.55. The Hall–Kier alpha value is -1.40. The van der Waals surface area contributed by atoms with Gasteiger partial charge in [0.2, 0.25) is 15.9 Å². The summed E-state index contributed by atoms with van der Waals surface area (Å²) in [7, 11) is -3.36. The van der Waals surface area contributed by atoms with Crippen LogP contribution < -0.4 is 4.90 Å². The highest BCUT2D eigenvalue weighted by Gasteiger charge is 2.38. The van der Waals surface area contributed by atoms with Crippen LogP contribution in [0.5, 0.6) is 0 Å². The van der Waals surface area contributed by atoms with E-state index in [0.29, 0.717) is 19.5 Å². The smallest absolute Gasteiger partial charge is 0.245 e. The van der Waals surface area contributed by atoms with Crippen LogP contribution in [0.2, 0.25) is 0 Å². The van der Waals surface area contributed by atoms with Crippen molar-refractivity contribution < 1.29 is 13.2 Å². The van der Waals surface area contributed by atoms with Gasteiger partial charge < -0.3 is 4.90 Å². The van der Waals surface area contributed by atoms with Crippen molar-refractivity contribution in [3.05, 3.63) is 29.3 Å². The van der Waals surface area contributed by atoms with Crippen LogP contribution in [0.3, 0.4) is 0 Å². The fourth-order valence-electron chi connectivity index (χ4n) is 3.68. The molecule has 2 aliphatic heterocycles. The topological polar surface area (TPSA) is 57.7 Å². The van der Waals surface area contributed by atoms with Crippen LogP contribution >= 0.6 is 0 Å². The van der Waals surface area contributed by atoms with Crippen molar-refractivity contribution in [3.63, 3.8) is 0 Å². The van der Waals surface area contributed by atoms with Crippen LogP contribution in [-0.2, 0) is 21.2 Å². The van der Waals surface area contributed by atoms with Gasteiger partial charge in [-0.2, -0.15) is 4.31 Å². The van der Waals surface area contributed by atoms with Crippen molar-refractivity contribution in [1.82, 2.24) is 4.31 Å². The number of anilines is 1. The molecule has 1 atom stereocenters. The normalized spacial score (nSPS) is 22.7. The van der Waals surface area contributed by atoms with Crippen molar-refractivity contribution in [2.24, 2.45) is 0 Å². The molecule has 0 aliphatic carbocycles. The van der Waals surface area contributed by atoms with Crippen LogP contribution in [0, 0.1) is 6.92 Å². The fraction of sp³-hybridized carbons (Fsp3) is 0.588. The number of nitrogens with zero attached hydrogens (tertiary/aromatic N) is 2. The fourth-order valence-corrected chi connectivity index (χ4v) is 4.80. The summed E-state index contributed by atoms with van der Waals surface area (Å²) in [6.45, 7) is 3.17. The first kappa shape index (κ1) is 16.5. The molecule has 0 N–H and O–H groups in total. The van der Waals surface area contributed by atoms with Crippen LogP contribution in [0.15, 0.2) is 18.2 Å². The molecule has 0 aromatic heterocycles. The zero-order valence-electron chi connectivity index (χ0n) is 13.8. The van der Waals surface area contributed by atoms with Gasteiger partial charge >= 0.3 is 0 Å². The molecule has 3 rings (SSSR count). The highest BCUT2D eigenvalue weighted by molar-refractivity contribution is 7.88. The molecule has 0 saturated carbocycles. The minimum atomic E-state index is -3.36. The van der Waals surface area contributed by atoms with E-state index in [1.54, 1.807) is 4.90 Å². The average Bonchev–Trinajstić information content (AvgIpc) is 2.52. The summed E-state index contributed by atoms with van der Waals surface area (Å²) in [5.41, 5.74) is 3.32. The number of piperidine rings is 1. The van der Waals surface area contributed by atoms with E-state index in [1.807, 2.05) is 19.1 Å². The summed E-state index contributed by atoms with van der Waals surface area (Å²) < 4.78 is 25.4. The van der Waals surface area contributed by atoms with Gasteiger partial charge in [0.15, 0.2) is 0 Å². The summed E-state index contributed by atoms with van der Waals surface area (Å²) in [5, 5.41) is 0. The maximum Gasteiger partial charge on any atom is 0.245 e. The second-order valence-electron chi connectivity index (χ2n) is 6.61. The Bertz CT molecular complexity index is 715. The Morgan fingerprint density at radius 3 is 2.70 bits per heavy atom. The van der Waals surface area contributed by atoms with E-state index in [1.165, 1.54) is 21.7 Å². The van der Waals surface area contributed by atoms with Gasteiger partial charge in [0.05, 0.1) is 6.26 Å². The lowest BCUT2D eigenvalue weighted by Gasteiger charge is -2.38. The third kappa shape index (κ3) is 3.28. The summed E-state index contributed by atoms with van der Waals surface area (Å²) in [6, 6.07) is 5.59. The number of carbonyl (C=O) groups excluding carboxylic acids is 1. The number of benzene rings is 1. The van der Waals surface area contributed by atoms with Gasteiger partial charge in [-0.1, -0.05) is 24.1 Å². The number of carbonyl (C=O) groups is 1. The first-order valence-corrected chi connectivity index (χ1v) is 10.1. The van der Waals surface area contributed by atoms with Crippen LogP contribution in [0.4, 0.5) is 5.69 Å². The largest absolute Gasteiger partial charge is 0.311 e. The summed E-state index contributed by atoms with van der Waals surface area (Å²) in [4.78, 5) is 14.9. The molecular weight excluding hydrogens is 312 g/mol. The maximum absolute atomic E-state index is 13.1. The quantitative estimate of drug-likeness (QED) is 0.831. The maximum atomic E-state index is 13.1. The lowest BCUT2D eigenvalue weighted by molar-refractivity contribution is -0.123. The van der Waals surface area contributed by atoms with Crippen molar-refractivity contribution in [1.29, 1.82) is 0 Å². The van der Waals surface area contributed by atoms with E-state index >= 15 is 0 Å². The second kappa shape index (κ2) is 6.24. The predicted molar refractivity (Wildman–Crippen MR) is 91.0 cm³/mol. The number of sulfonamides is 1. The molecule has 5 nitrogen and oxygen atoms in total. The van der Waals surface area contributed by atoms with Gasteiger partial charge in [-0.25, -0.2) is 8.42 Å². The van der Waals surface area contributed by atoms with Crippen LogP contribution in [-0.4, -0.2) is 44.0 Å². The molecule has 1 fully saturated rings. The zero-order chi connectivity index (χ0) is 16.6. The minimum absolute atomic E-state index is 0.0695. The highest BCUT2D eigenvalue weighted by Crippen LogP contribution is 2.31. The number of rotatable bonds is 2. The first-order chi connectivity index (χ1) is 10.9. The van der Waals surface area contributed by atoms with Gasteiger partial charge in [-0.05, 0) is 44.2 Å². The molecule has 0 bridgehead atoms. The highest BCUT2D eigenvalue weighted by atomic mass is 32.2. The van der Waals surface area contributed by atoms with Gasteiger partial charge in [-0.15, -0.1) is 0 Å². The van der Waals surface area contributed by atoms with E-state index in [9.17, 15) is 13.2 Å². The molecule has 1 saturated heterocycles. The number of hydrogen-bond donors (Lipinski definition) is 0. The molecule has 0 spiro atoms. The third-order valence-corrected chi connectivity index (χ3v) is 6.07. The standard InChI is InChI=1S/C17H24N2O3S/c1-13-8-9-15-14(12-13)6-5-10-18(15)17(20)16-7-3-4-11-19(16)23(2,21)22/h8-9,12,16H,3-7,10-11H2,1-2H3. The third-order valence-electron chi connectivity index (χ3n) is 4.78. The zero-order valence-corrected chi connectivity index (χ0v) is 14.6. The first-order valence-electron chi connectivity index (χ1n) is 8.25. The molecule has 2 aliphatic rings. The molecule has 23 heavy (non-hydrogen) atoms. The van der Waals surface area contributed by atoms with Crippen molar-refractivity contribution >= 4 is 21.6 Å². The molecule has 1 aromatic carbocycles. The summed E-state index contributed by atoms with van der Waals surface area (Å²) in [6.07, 6.45) is 5.44. The lowest BCUT2D eigenvalue weighted by atomic mass is 9.97. The van der Waals surface area contributed by atoms with Gasteiger partial charge in [0, 0.05) is 18.8 Å². The number of amides is 1. The molecular formula is C17H24N2O3S.